The van der Waals surface area contributed by atoms with Crippen molar-refractivity contribution < 1.29 is 13.9 Å². The van der Waals surface area contributed by atoms with Gasteiger partial charge in [0, 0.05) is 12.3 Å². The first-order valence-corrected chi connectivity index (χ1v) is 3.15. The standard InChI is InChI=1S/C6H10F2O/c7-6(8)3-1-2-5(6)4-9/h5,9H,1-4H2/t5-/m0/s1. The summed E-state index contributed by atoms with van der Waals surface area (Å²) >= 11 is 0. The zero-order valence-electron chi connectivity index (χ0n) is 5.11. The lowest BCUT2D eigenvalue weighted by molar-refractivity contribution is -0.0540. The molecule has 1 N–H and O–H groups in total. The number of aliphatic hydroxyl groups is 1. The number of hydrogen-bond acceptors (Lipinski definition) is 1. The minimum atomic E-state index is -2.59. The fourth-order valence-corrected chi connectivity index (χ4v) is 1.22. The summed E-state index contributed by atoms with van der Waals surface area (Å²) in [4.78, 5) is 0. The first kappa shape index (κ1) is 6.93. The Bertz CT molecular complexity index is 103. The second-order valence-corrected chi connectivity index (χ2v) is 2.53. The highest BCUT2D eigenvalue weighted by molar-refractivity contribution is 4.83. The molecular formula is C6H10F2O. The molecule has 3 heteroatoms. The highest BCUT2D eigenvalue weighted by atomic mass is 19.3. The number of aliphatic hydroxyl groups excluding tert-OH is 1. The Morgan fingerprint density at radius 1 is 1.56 bits per heavy atom. The van der Waals surface area contributed by atoms with Gasteiger partial charge in [-0.25, -0.2) is 8.78 Å². The van der Waals surface area contributed by atoms with Crippen LogP contribution in [0.4, 0.5) is 8.78 Å². The third-order valence-electron chi connectivity index (χ3n) is 1.88. The molecule has 1 rings (SSSR count). The van der Waals surface area contributed by atoms with E-state index in [1.807, 2.05) is 0 Å². The molecule has 0 heterocycles. The van der Waals surface area contributed by atoms with Crippen LogP contribution in [0.1, 0.15) is 19.3 Å². The van der Waals surface area contributed by atoms with E-state index >= 15 is 0 Å². The maximum atomic E-state index is 12.4. The van der Waals surface area contributed by atoms with Crippen LogP contribution in [0.3, 0.4) is 0 Å². The van der Waals surface area contributed by atoms with Crippen LogP contribution in [0.2, 0.25) is 0 Å². The fourth-order valence-electron chi connectivity index (χ4n) is 1.22. The Morgan fingerprint density at radius 3 is 2.44 bits per heavy atom. The van der Waals surface area contributed by atoms with Crippen LogP contribution in [0.25, 0.3) is 0 Å². The van der Waals surface area contributed by atoms with E-state index in [2.05, 4.69) is 0 Å². The molecule has 0 radical (unpaired) electrons. The molecule has 0 saturated heterocycles. The molecule has 0 amide bonds. The van der Waals surface area contributed by atoms with Gasteiger partial charge in [0.15, 0.2) is 0 Å². The maximum Gasteiger partial charge on any atom is 0.253 e. The van der Waals surface area contributed by atoms with Crippen molar-refractivity contribution in [1.29, 1.82) is 0 Å². The maximum absolute atomic E-state index is 12.4. The van der Waals surface area contributed by atoms with E-state index in [-0.39, 0.29) is 13.0 Å². The molecule has 1 atom stereocenters. The molecule has 0 aromatic rings. The van der Waals surface area contributed by atoms with E-state index in [1.54, 1.807) is 0 Å². The van der Waals surface area contributed by atoms with Gasteiger partial charge < -0.3 is 5.11 Å². The van der Waals surface area contributed by atoms with E-state index < -0.39 is 11.8 Å². The monoisotopic (exact) mass is 136 g/mol. The van der Waals surface area contributed by atoms with Gasteiger partial charge >= 0.3 is 0 Å². The summed E-state index contributed by atoms with van der Waals surface area (Å²) < 4.78 is 24.9. The Labute approximate surface area is 52.7 Å². The molecule has 0 aromatic heterocycles. The Kier molecular flexibility index (Phi) is 1.70. The summed E-state index contributed by atoms with van der Waals surface area (Å²) in [5.41, 5.74) is 0. The molecule has 1 saturated carbocycles. The van der Waals surface area contributed by atoms with Crippen LogP contribution in [0, 0.1) is 5.92 Å². The molecule has 0 aliphatic heterocycles. The molecule has 54 valence electrons. The number of halogens is 2. The minimum Gasteiger partial charge on any atom is -0.396 e. The highest BCUT2D eigenvalue weighted by Crippen LogP contribution is 2.39. The van der Waals surface area contributed by atoms with Crippen molar-refractivity contribution in [2.24, 2.45) is 5.92 Å². The summed E-state index contributed by atoms with van der Waals surface area (Å²) in [6.45, 7) is -0.368. The zero-order valence-corrected chi connectivity index (χ0v) is 5.11. The van der Waals surface area contributed by atoms with Gasteiger partial charge in [0.05, 0.1) is 6.61 Å². The van der Waals surface area contributed by atoms with Gasteiger partial charge in [-0.15, -0.1) is 0 Å². The predicted octanol–water partition coefficient (Wildman–Crippen LogP) is 1.41. The van der Waals surface area contributed by atoms with E-state index in [9.17, 15) is 8.78 Å². The Balaban J connectivity index is 2.52. The van der Waals surface area contributed by atoms with E-state index in [0.717, 1.165) is 0 Å². The summed E-state index contributed by atoms with van der Waals surface area (Å²) in [7, 11) is 0. The molecule has 0 spiro atoms. The van der Waals surface area contributed by atoms with Crippen molar-refractivity contribution in [3.63, 3.8) is 0 Å². The van der Waals surface area contributed by atoms with Gasteiger partial charge in [-0.2, -0.15) is 0 Å². The summed E-state index contributed by atoms with van der Waals surface area (Å²) in [6, 6.07) is 0. The molecular weight excluding hydrogens is 126 g/mol. The van der Waals surface area contributed by atoms with Gasteiger partial charge in [0.2, 0.25) is 0 Å². The van der Waals surface area contributed by atoms with Crippen molar-refractivity contribution in [2.45, 2.75) is 25.2 Å². The first-order valence-electron chi connectivity index (χ1n) is 3.15. The van der Waals surface area contributed by atoms with Crippen molar-refractivity contribution in [2.75, 3.05) is 6.61 Å². The van der Waals surface area contributed by atoms with Crippen molar-refractivity contribution in [1.82, 2.24) is 0 Å². The van der Waals surface area contributed by atoms with Crippen LogP contribution in [0.5, 0.6) is 0 Å². The van der Waals surface area contributed by atoms with Crippen molar-refractivity contribution in [3.05, 3.63) is 0 Å². The molecule has 1 aliphatic carbocycles. The van der Waals surface area contributed by atoms with Crippen molar-refractivity contribution >= 4 is 0 Å². The first-order chi connectivity index (χ1) is 4.17. The molecule has 1 nitrogen and oxygen atoms in total. The minimum absolute atomic E-state index is 0.0434. The second kappa shape index (κ2) is 2.21. The lowest BCUT2D eigenvalue weighted by atomic mass is 10.1. The predicted molar refractivity (Wildman–Crippen MR) is 29.4 cm³/mol. The molecule has 1 aliphatic rings. The Hall–Kier alpha value is -0.180. The average molecular weight is 136 g/mol. The number of rotatable bonds is 1. The fraction of sp³-hybridized carbons (Fsp3) is 1.00. The second-order valence-electron chi connectivity index (χ2n) is 2.53. The van der Waals surface area contributed by atoms with Crippen molar-refractivity contribution in [3.8, 4) is 0 Å². The smallest absolute Gasteiger partial charge is 0.253 e. The third kappa shape index (κ3) is 1.21. The van der Waals surface area contributed by atoms with Gasteiger partial charge in [0.25, 0.3) is 5.92 Å². The largest absolute Gasteiger partial charge is 0.396 e. The van der Waals surface area contributed by atoms with E-state index in [0.29, 0.717) is 12.8 Å². The molecule has 1 fully saturated rings. The van der Waals surface area contributed by atoms with Crippen LogP contribution in [0.15, 0.2) is 0 Å². The van der Waals surface area contributed by atoms with Gasteiger partial charge in [-0.1, -0.05) is 0 Å². The highest BCUT2D eigenvalue weighted by Gasteiger charge is 2.42. The normalized spacial score (nSPS) is 33.0. The summed E-state index contributed by atoms with van der Waals surface area (Å²) in [5, 5.41) is 8.42. The zero-order chi connectivity index (χ0) is 6.91. The molecule has 0 unspecified atom stereocenters. The lowest BCUT2D eigenvalue weighted by Crippen LogP contribution is -2.24. The summed E-state index contributed by atoms with van der Waals surface area (Å²) in [5.74, 6) is -3.35. The Morgan fingerprint density at radius 2 is 2.22 bits per heavy atom. The molecule has 0 bridgehead atoms. The number of hydrogen-bond donors (Lipinski definition) is 1. The van der Waals surface area contributed by atoms with Gasteiger partial charge in [0.1, 0.15) is 0 Å². The van der Waals surface area contributed by atoms with E-state index in [4.69, 9.17) is 5.11 Å². The van der Waals surface area contributed by atoms with Crippen LogP contribution >= 0.6 is 0 Å². The molecule has 9 heavy (non-hydrogen) atoms. The lowest BCUT2D eigenvalue weighted by Gasteiger charge is -2.15. The van der Waals surface area contributed by atoms with Gasteiger partial charge in [-0.3, -0.25) is 0 Å². The third-order valence-corrected chi connectivity index (χ3v) is 1.88. The van der Waals surface area contributed by atoms with Crippen LogP contribution in [-0.4, -0.2) is 17.6 Å². The van der Waals surface area contributed by atoms with E-state index in [1.165, 1.54) is 0 Å². The quantitative estimate of drug-likeness (QED) is 0.578. The van der Waals surface area contributed by atoms with Crippen LogP contribution in [-0.2, 0) is 0 Å². The van der Waals surface area contributed by atoms with Crippen LogP contribution < -0.4 is 0 Å². The number of alkyl halides is 2. The summed E-state index contributed by atoms with van der Waals surface area (Å²) in [6.07, 6.45) is 0.986. The average Bonchev–Trinajstić information content (AvgIpc) is 2.08. The molecule has 0 aromatic carbocycles. The van der Waals surface area contributed by atoms with Gasteiger partial charge in [-0.05, 0) is 12.8 Å². The topological polar surface area (TPSA) is 20.2 Å². The SMILES string of the molecule is OC[C@@H]1CCCC1(F)F.